The molecule has 7 N–H and O–H groups in total. The molecule has 9 saturated carbocycles. The Bertz CT molecular complexity index is 3000. The first kappa shape index (κ1) is 67.7. The quantitative estimate of drug-likeness (QED) is 0.0540. The van der Waals surface area contributed by atoms with E-state index in [4.69, 9.17) is 20.9 Å². The van der Waals surface area contributed by atoms with Crippen molar-refractivity contribution in [2.24, 2.45) is 104 Å². The van der Waals surface area contributed by atoms with Crippen LogP contribution in [0.25, 0.3) is 0 Å². The number of rotatable bonds is 18. The maximum Gasteiger partial charge on any atom is 1.00 e. The fraction of sp³-hybridized carbons (Fsp3) is 0.926. The number of hydrogen-bond acceptors (Lipinski definition) is 17. The van der Waals surface area contributed by atoms with Crippen LogP contribution in [0, 0.1) is 104 Å². The van der Waals surface area contributed by atoms with Crippen molar-refractivity contribution in [3.63, 3.8) is 0 Å². The van der Waals surface area contributed by atoms with Crippen molar-refractivity contribution in [2.45, 2.75) is 207 Å². The van der Waals surface area contributed by atoms with Crippen LogP contribution in [0.1, 0.15) is 164 Å². The molecule has 0 amide bonds. The number of allylic oxidation sites excluding steroid dienone is 2. The minimum atomic E-state index is -5.16. The van der Waals surface area contributed by atoms with E-state index in [9.17, 15) is 75.1 Å². The van der Waals surface area contributed by atoms with Crippen LogP contribution in [0.4, 0.5) is 0 Å². The summed E-state index contributed by atoms with van der Waals surface area (Å²) >= 11 is 0. The van der Waals surface area contributed by atoms with Gasteiger partial charge in [-0.2, -0.15) is 42.1 Å². The summed E-state index contributed by atoms with van der Waals surface area (Å²) in [7, 11) is -25.1. The van der Waals surface area contributed by atoms with Gasteiger partial charge < -0.3 is 10.2 Å². The molecule has 22 nitrogen and oxygen atoms in total. The monoisotopic (exact) mass is 1270 g/mol. The Labute approximate surface area is 508 Å². The summed E-state index contributed by atoms with van der Waals surface area (Å²) in [4.78, 5) is 0. The van der Waals surface area contributed by atoms with Crippen molar-refractivity contribution in [3.8, 4) is 0 Å². The third kappa shape index (κ3) is 13.5. The summed E-state index contributed by atoms with van der Waals surface area (Å²) in [5.74, 6) is -0.843. The molecule has 0 radical (unpaired) electrons. The molecule has 25 atom stereocenters. The summed E-state index contributed by atoms with van der Waals surface area (Å²) in [5.41, 5.74) is -1.24. The fourth-order valence-electron chi connectivity index (χ4n) is 21.0. The van der Waals surface area contributed by atoms with Crippen molar-refractivity contribution in [1.82, 2.24) is 0 Å². The molecule has 9 rings (SSSR count). The van der Waals surface area contributed by atoms with E-state index in [1.807, 2.05) is 19.9 Å². The molecule has 5 unspecified atom stereocenters. The van der Waals surface area contributed by atoms with Crippen molar-refractivity contribution in [1.29, 1.82) is 0 Å². The molecular weight excluding hydrogens is 1180 g/mol. The second-order valence-electron chi connectivity index (χ2n) is 28.1. The van der Waals surface area contributed by atoms with Crippen LogP contribution in [0.5, 0.6) is 0 Å². The molecule has 0 aromatic heterocycles. The van der Waals surface area contributed by atoms with Crippen molar-refractivity contribution >= 4 is 52.0 Å². The first-order valence-electron chi connectivity index (χ1n) is 29.1. The second kappa shape index (κ2) is 23.5. The molecule has 9 aliphatic rings. The van der Waals surface area contributed by atoms with Gasteiger partial charge in [0.05, 0.1) is 24.4 Å². The first-order chi connectivity index (χ1) is 37.1. The summed E-state index contributed by atoms with van der Waals surface area (Å²) in [6, 6.07) is 0. The zero-order valence-corrected chi connectivity index (χ0v) is 54.5. The average Bonchev–Trinajstić information content (AvgIpc) is 3.03. The third-order valence-corrected chi connectivity index (χ3v) is 26.8. The van der Waals surface area contributed by atoms with Gasteiger partial charge in [-0.1, -0.05) is 72.8 Å². The van der Waals surface area contributed by atoms with Gasteiger partial charge in [0.15, 0.2) is 0 Å². The van der Waals surface area contributed by atoms with Crippen molar-refractivity contribution in [2.75, 3.05) is 0 Å². The molecule has 0 aromatic carbocycles. The van der Waals surface area contributed by atoms with Gasteiger partial charge in [0, 0.05) is 0 Å². The maximum absolute atomic E-state index is 12.4. The van der Waals surface area contributed by atoms with Gasteiger partial charge in [0.25, 0.3) is 0 Å². The Hall–Kier alpha value is -0.250. The predicted octanol–water partition coefficient (Wildman–Crippen LogP) is 4.99. The fourth-order valence-corrected chi connectivity index (χ4v) is 23.6. The van der Waals surface area contributed by atoms with Gasteiger partial charge in [0.2, 0.25) is 0 Å². The van der Waals surface area contributed by atoms with Gasteiger partial charge in [-0.3, -0.25) is 22.8 Å². The number of aliphatic hydroxyl groups excluding tert-OH is 2. The van der Waals surface area contributed by atoms with Gasteiger partial charge in [-0.05, 0) is 220 Å². The van der Waals surface area contributed by atoms with Crippen LogP contribution < -0.4 is 29.6 Å². The Kier molecular flexibility index (Phi) is 19.4. The van der Waals surface area contributed by atoms with E-state index in [1.54, 1.807) is 0 Å². The second-order valence-corrected chi connectivity index (χ2v) is 33.4. The van der Waals surface area contributed by atoms with Gasteiger partial charge in [-0.25, -0.2) is 20.9 Å². The van der Waals surface area contributed by atoms with E-state index in [1.165, 1.54) is 5.57 Å². The summed E-state index contributed by atoms with van der Waals surface area (Å²) < 4.78 is 196. The van der Waals surface area contributed by atoms with E-state index in [0.717, 1.165) is 70.6 Å². The summed E-state index contributed by atoms with van der Waals surface area (Å²) in [6.45, 7) is 19.6. The third-order valence-electron chi connectivity index (χ3n) is 24.4. The van der Waals surface area contributed by atoms with Crippen LogP contribution in [-0.2, 0) is 72.9 Å². The Morgan fingerprint density at radius 2 is 0.951 bits per heavy atom. The van der Waals surface area contributed by atoms with Gasteiger partial charge >= 0.3 is 81.6 Å². The smallest absolute Gasteiger partial charge is 0.390 e. The normalized spacial score (nSPS) is 46.3. The van der Waals surface area contributed by atoms with Crippen LogP contribution in [-0.4, -0.2) is 118 Å². The Morgan fingerprint density at radius 1 is 0.537 bits per heavy atom. The van der Waals surface area contributed by atoms with E-state index >= 15 is 0 Å². The molecule has 0 spiro atoms. The van der Waals surface area contributed by atoms with Gasteiger partial charge in [0.1, 0.15) is 18.3 Å². The molecule has 9 aliphatic carbocycles. The topological polar surface area (TPSA) is 358 Å². The van der Waals surface area contributed by atoms with E-state index in [-0.39, 0.29) is 137 Å². The van der Waals surface area contributed by atoms with Crippen LogP contribution in [0.3, 0.4) is 0 Å². The van der Waals surface area contributed by atoms with Crippen LogP contribution in [0.15, 0.2) is 24.3 Å². The predicted molar refractivity (Wildman–Crippen MR) is 293 cm³/mol. The van der Waals surface area contributed by atoms with Crippen molar-refractivity contribution in [3.05, 3.63) is 24.3 Å². The van der Waals surface area contributed by atoms with Crippen molar-refractivity contribution < 1.29 is 126 Å². The number of aliphatic hydroxyl groups is 2. The van der Waals surface area contributed by atoms with Crippen LogP contribution in [0.2, 0.25) is 0 Å². The zero-order valence-electron chi connectivity index (χ0n) is 48.4. The molecule has 82 heavy (non-hydrogen) atoms. The molecule has 28 heteroatoms. The minimum absolute atomic E-state index is 0. The van der Waals surface area contributed by atoms with E-state index in [0.29, 0.717) is 18.8 Å². The standard InChI is InChI=1S/C54H88O22S5.Na/c1-29(35-11-13-37-32-24-46(73-78(60,61)62)42-26-47(74-79(63,64)65)49(76-81(69,70)71)28-54(42,8)40(32)16-21-51(35,37)5)9-10-34-30(2)15-19-50(34,4)20-18-43(55)31(3)36-12-14-38-33-23-45(72-77(57,58)59)41-25-44(56)48(75-80(66,67)68)27-53(41,7)39(33)17-22-52(36,38)6;/h18,20,29,31-49,55-56H,2,9-17,19,21-28H2,1,3-8H3,(H,57,58,59)(H,60,61,62)(H,63,64,65)(H,66,67,68)(H,69,70,71);/q;+1/b20-18+;/t29-,31+,32+,33+,34?,35?,36?,37+,38+,39+,40+,41-,42-,43?,44-,45+,46+,47+,48+,49+,50?,51-,52-,53-,54-;/m1./s1. The maximum atomic E-state index is 12.4. The largest absolute Gasteiger partial charge is 1.00 e. The SMILES string of the molecule is C=C1CCC(C)(/C=C/C(O)[C@@H](C)C2CC[C@H]3[C@@H]4C[C@H](OS(=O)(=O)O)[C@H]5C[C@@H](O)[C@@H](OS(=O)(=O)O)C[C@]5(C)[C@H]4CC[C@]23C)C1CC[C@@H](C)C1CC[C@H]2[C@@H]3C[C@H](OS(=O)(=O)O)[C@H]4C[C@H](OS(=O)(=O)O)[C@@H](OS(=O)(=O)O)C[C@]4(C)[C@H]3CC[C@]12C.[Na+]. The first-order valence-corrected chi connectivity index (χ1v) is 35.9. The molecule has 9 fully saturated rings. The molecule has 466 valence electrons. The summed E-state index contributed by atoms with van der Waals surface area (Å²) in [6.07, 6.45) is 5.40. The Morgan fingerprint density at radius 3 is 1.45 bits per heavy atom. The molecular formula is C54H88NaO22S5+. The van der Waals surface area contributed by atoms with Crippen LogP contribution >= 0.6 is 0 Å². The molecule has 0 heterocycles. The molecule has 0 saturated heterocycles. The molecule has 0 aliphatic heterocycles. The molecule has 0 bridgehead atoms. The number of hydrogen-bond donors (Lipinski definition) is 7. The Balaban J connectivity index is 0.00000880. The zero-order chi connectivity index (χ0) is 59.8. The number of fused-ring (bicyclic) bond motifs is 10. The van der Waals surface area contributed by atoms with E-state index < -0.39 is 117 Å². The van der Waals surface area contributed by atoms with Gasteiger partial charge in [-0.15, -0.1) is 0 Å². The minimum Gasteiger partial charge on any atom is -0.390 e. The summed E-state index contributed by atoms with van der Waals surface area (Å²) in [5, 5.41) is 23.1. The average molecular weight is 1270 g/mol. The van der Waals surface area contributed by atoms with E-state index in [2.05, 4.69) is 47.3 Å². The molecule has 0 aromatic rings.